The number of sulfonamides is 1. The maximum absolute atomic E-state index is 13.0. The summed E-state index contributed by atoms with van der Waals surface area (Å²) < 4.78 is 35.3. The third-order valence-electron chi connectivity index (χ3n) is 5.96. The van der Waals surface area contributed by atoms with Crippen LogP contribution in [0.2, 0.25) is 5.02 Å². The summed E-state index contributed by atoms with van der Waals surface area (Å²) in [6.45, 7) is 6.72. The molecular weight excluding hydrogens is 486 g/mol. The standard InChI is InChI=1S/C26H28ClN3O4S/c1-4-29(5-2)35(32,33)25-15-18(27)11-14-24(25)34-17-26(31)28-19-12-13-23-21(16-19)20-9-7-8-10-22(20)30(23)6-3/h7-16H,4-6,17H2,1-3H3,(H,28,31). The molecule has 0 spiro atoms. The molecule has 4 rings (SSSR count). The number of nitrogens with zero attached hydrogens (tertiary/aromatic N) is 2. The number of halogens is 1. The number of nitrogens with one attached hydrogen (secondary N) is 1. The lowest BCUT2D eigenvalue weighted by atomic mass is 10.1. The molecule has 0 saturated carbocycles. The average Bonchev–Trinajstić information content (AvgIpc) is 3.16. The predicted octanol–water partition coefficient (Wildman–Crippen LogP) is 5.52. The molecule has 0 fully saturated rings. The van der Waals surface area contributed by atoms with E-state index < -0.39 is 15.9 Å². The van der Waals surface area contributed by atoms with Crippen LogP contribution < -0.4 is 10.1 Å². The van der Waals surface area contributed by atoms with Crippen LogP contribution >= 0.6 is 11.6 Å². The SMILES string of the molecule is CCN(CC)S(=O)(=O)c1cc(Cl)ccc1OCC(=O)Nc1ccc2c(c1)c1ccccc1n2CC. The van der Waals surface area contributed by atoms with E-state index in [9.17, 15) is 13.2 Å². The van der Waals surface area contributed by atoms with Crippen LogP contribution in [-0.4, -0.2) is 42.9 Å². The van der Waals surface area contributed by atoms with Gasteiger partial charge in [-0.3, -0.25) is 4.79 Å². The maximum atomic E-state index is 13.0. The average molecular weight is 514 g/mol. The van der Waals surface area contributed by atoms with E-state index in [0.717, 1.165) is 28.4 Å². The van der Waals surface area contributed by atoms with Crippen LogP contribution in [0.25, 0.3) is 21.8 Å². The lowest BCUT2D eigenvalue weighted by Crippen LogP contribution is -2.31. The molecule has 0 atom stereocenters. The molecule has 4 aromatic rings. The van der Waals surface area contributed by atoms with Gasteiger partial charge in [-0.2, -0.15) is 4.31 Å². The first-order valence-corrected chi connectivity index (χ1v) is 13.3. The molecular formula is C26H28ClN3O4S. The summed E-state index contributed by atoms with van der Waals surface area (Å²) >= 11 is 6.07. The van der Waals surface area contributed by atoms with Gasteiger partial charge >= 0.3 is 0 Å². The second kappa shape index (κ2) is 10.3. The molecule has 35 heavy (non-hydrogen) atoms. The fourth-order valence-corrected chi connectivity index (χ4v) is 6.17. The quantitative estimate of drug-likeness (QED) is 0.320. The van der Waals surface area contributed by atoms with E-state index in [-0.39, 0.29) is 22.3 Å². The molecule has 1 heterocycles. The Hall–Kier alpha value is -3.07. The molecule has 0 aliphatic carbocycles. The fourth-order valence-electron chi connectivity index (χ4n) is 4.32. The Kier molecular flexibility index (Phi) is 7.35. The summed E-state index contributed by atoms with van der Waals surface area (Å²) in [5.74, 6) is -0.317. The van der Waals surface area contributed by atoms with Gasteiger partial charge in [0.1, 0.15) is 10.6 Å². The van der Waals surface area contributed by atoms with Gasteiger partial charge in [-0.05, 0) is 49.4 Å². The number of fused-ring (bicyclic) bond motifs is 3. The number of hydrogen-bond acceptors (Lipinski definition) is 4. The summed E-state index contributed by atoms with van der Waals surface area (Å²) in [7, 11) is -3.82. The molecule has 0 unspecified atom stereocenters. The lowest BCUT2D eigenvalue weighted by Gasteiger charge is -2.20. The van der Waals surface area contributed by atoms with Gasteiger partial charge in [0, 0.05) is 52.2 Å². The number of benzene rings is 3. The van der Waals surface area contributed by atoms with Crippen molar-refractivity contribution < 1.29 is 17.9 Å². The number of aromatic nitrogens is 1. The van der Waals surface area contributed by atoms with E-state index >= 15 is 0 Å². The summed E-state index contributed by atoms with van der Waals surface area (Å²) in [5, 5.41) is 5.28. The first kappa shape index (κ1) is 25.0. The number of para-hydroxylation sites is 1. The van der Waals surface area contributed by atoms with Crippen molar-refractivity contribution in [2.75, 3.05) is 25.0 Å². The van der Waals surface area contributed by atoms with Crippen LogP contribution in [-0.2, 0) is 21.4 Å². The zero-order valence-corrected chi connectivity index (χ0v) is 21.5. The van der Waals surface area contributed by atoms with E-state index in [1.165, 1.54) is 22.5 Å². The molecule has 0 aliphatic rings. The van der Waals surface area contributed by atoms with E-state index in [1.807, 2.05) is 30.3 Å². The molecule has 1 aromatic heterocycles. The van der Waals surface area contributed by atoms with E-state index in [4.69, 9.17) is 16.3 Å². The largest absolute Gasteiger partial charge is 0.482 e. The van der Waals surface area contributed by atoms with Crippen molar-refractivity contribution in [1.29, 1.82) is 0 Å². The highest BCUT2D eigenvalue weighted by Crippen LogP contribution is 2.32. The minimum Gasteiger partial charge on any atom is -0.482 e. The van der Waals surface area contributed by atoms with Crippen LogP contribution in [0.4, 0.5) is 5.69 Å². The number of rotatable bonds is 9. The minimum atomic E-state index is -3.82. The third kappa shape index (κ3) is 4.87. The molecule has 3 aromatic carbocycles. The first-order chi connectivity index (χ1) is 16.8. The van der Waals surface area contributed by atoms with Crippen molar-refractivity contribution in [3.63, 3.8) is 0 Å². The summed E-state index contributed by atoms with van der Waals surface area (Å²) in [6, 6.07) is 18.3. The lowest BCUT2D eigenvalue weighted by molar-refractivity contribution is -0.118. The number of ether oxygens (including phenoxy) is 1. The maximum Gasteiger partial charge on any atom is 0.262 e. The summed E-state index contributed by atoms with van der Waals surface area (Å²) in [4.78, 5) is 12.6. The first-order valence-electron chi connectivity index (χ1n) is 11.5. The Morgan fingerprint density at radius 1 is 0.971 bits per heavy atom. The highest BCUT2D eigenvalue weighted by molar-refractivity contribution is 7.89. The smallest absolute Gasteiger partial charge is 0.262 e. The van der Waals surface area contributed by atoms with Gasteiger partial charge in [-0.25, -0.2) is 8.42 Å². The van der Waals surface area contributed by atoms with Crippen LogP contribution in [0.3, 0.4) is 0 Å². The van der Waals surface area contributed by atoms with Gasteiger partial charge in [0.15, 0.2) is 6.61 Å². The second-order valence-electron chi connectivity index (χ2n) is 8.01. The normalized spacial score (nSPS) is 11.9. The molecule has 1 amide bonds. The summed E-state index contributed by atoms with van der Waals surface area (Å²) in [5.41, 5.74) is 2.87. The Morgan fingerprint density at radius 3 is 2.40 bits per heavy atom. The van der Waals surface area contributed by atoms with Crippen molar-refractivity contribution in [2.24, 2.45) is 0 Å². The van der Waals surface area contributed by atoms with Crippen LogP contribution in [0, 0.1) is 0 Å². The van der Waals surface area contributed by atoms with Crippen LogP contribution in [0.1, 0.15) is 20.8 Å². The Labute approximate surface area is 210 Å². The number of anilines is 1. The molecule has 7 nitrogen and oxygen atoms in total. The van der Waals surface area contributed by atoms with Crippen LogP contribution in [0.5, 0.6) is 5.75 Å². The third-order valence-corrected chi connectivity index (χ3v) is 8.27. The van der Waals surface area contributed by atoms with Crippen LogP contribution in [0.15, 0.2) is 65.6 Å². The highest BCUT2D eigenvalue weighted by atomic mass is 35.5. The molecule has 0 aliphatic heterocycles. The molecule has 0 bridgehead atoms. The molecule has 1 N–H and O–H groups in total. The number of carbonyl (C=O) groups is 1. The Bertz CT molecular complexity index is 1490. The van der Waals surface area contributed by atoms with Crippen molar-refractivity contribution in [1.82, 2.24) is 8.87 Å². The van der Waals surface area contributed by atoms with E-state index in [2.05, 4.69) is 28.9 Å². The molecule has 0 saturated heterocycles. The monoisotopic (exact) mass is 513 g/mol. The van der Waals surface area contributed by atoms with Gasteiger partial charge in [0.25, 0.3) is 5.91 Å². The van der Waals surface area contributed by atoms with Crippen molar-refractivity contribution in [2.45, 2.75) is 32.2 Å². The zero-order valence-electron chi connectivity index (χ0n) is 19.9. The number of hydrogen-bond donors (Lipinski definition) is 1. The van der Waals surface area contributed by atoms with E-state index in [1.54, 1.807) is 13.8 Å². The van der Waals surface area contributed by atoms with Gasteiger partial charge in [0.05, 0.1) is 0 Å². The summed E-state index contributed by atoms with van der Waals surface area (Å²) in [6.07, 6.45) is 0. The van der Waals surface area contributed by atoms with Gasteiger partial charge < -0.3 is 14.6 Å². The topological polar surface area (TPSA) is 80.6 Å². The Balaban J connectivity index is 1.55. The Morgan fingerprint density at radius 2 is 1.69 bits per heavy atom. The molecule has 0 radical (unpaired) electrons. The van der Waals surface area contributed by atoms with E-state index in [0.29, 0.717) is 18.8 Å². The van der Waals surface area contributed by atoms with Gasteiger partial charge in [-0.1, -0.05) is 43.6 Å². The highest BCUT2D eigenvalue weighted by Gasteiger charge is 2.26. The number of aryl methyl sites for hydroxylation is 1. The number of amides is 1. The minimum absolute atomic E-state index is 0.0599. The van der Waals surface area contributed by atoms with Crippen molar-refractivity contribution in [3.05, 3.63) is 65.7 Å². The zero-order chi connectivity index (χ0) is 25.2. The fraction of sp³-hybridized carbons (Fsp3) is 0.269. The van der Waals surface area contributed by atoms with Crippen molar-refractivity contribution >= 4 is 55.0 Å². The van der Waals surface area contributed by atoms with Gasteiger partial charge in [-0.15, -0.1) is 0 Å². The number of carbonyl (C=O) groups excluding carboxylic acids is 1. The van der Waals surface area contributed by atoms with Gasteiger partial charge in [0.2, 0.25) is 10.0 Å². The predicted molar refractivity (Wildman–Crippen MR) is 141 cm³/mol. The second-order valence-corrected chi connectivity index (χ2v) is 10.4. The van der Waals surface area contributed by atoms with Crippen molar-refractivity contribution in [3.8, 4) is 5.75 Å². The molecule has 184 valence electrons. The molecule has 9 heteroatoms.